The summed E-state index contributed by atoms with van der Waals surface area (Å²) in [4.78, 5) is 7.61. The van der Waals surface area contributed by atoms with Crippen LogP contribution in [0.15, 0.2) is 30.5 Å². The number of rotatable bonds is 4. The van der Waals surface area contributed by atoms with Crippen molar-refractivity contribution in [3.05, 3.63) is 47.5 Å². The molecule has 146 valence electrons. The van der Waals surface area contributed by atoms with Crippen LogP contribution in [0.3, 0.4) is 0 Å². The molecule has 5 nitrogen and oxygen atoms in total. The fourth-order valence-electron chi connectivity index (χ4n) is 4.41. The number of hydrogen-bond acceptors (Lipinski definition) is 4. The summed E-state index contributed by atoms with van der Waals surface area (Å²) in [6.45, 7) is 9.69. The summed E-state index contributed by atoms with van der Waals surface area (Å²) in [6, 6.07) is 7.54. The molecule has 0 aliphatic carbocycles. The van der Waals surface area contributed by atoms with Crippen molar-refractivity contribution in [3.63, 3.8) is 0 Å². The summed E-state index contributed by atoms with van der Waals surface area (Å²) in [5.74, 6) is -0.163. The third-order valence-corrected chi connectivity index (χ3v) is 6.23. The first-order valence-corrected chi connectivity index (χ1v) is 10.0. The number of aromatic nitrogens is 2. The molecule has 0 spiro atoms. The van der Waals surface area contributed by atoms with Gasteiger partial charge in [0.1, 0.15) is 5.82 Å². The van der Waals surface area contributed by atoms with Crippen molar-refractivity contribution in [2.45, 2.75) is 32.4 Å². The summed E-state index contributed by atoms with van der Waals surface area (Å²) in [6.07, 6.45) is 4.57. The average molecular weight is 372 g/mol. The lowest BCUT2D eigenvalue weighted by Gasteiger charge is -2.44. The molecular weight excluding hydrogens is 341 g/mol. The molecule has 0 unspecified atom stereocenters. The summed E-state index contributed by atoms with van der Waals surface area (Å²) >= 11 is 0. The molecule has 0 bridgehead atoms. The quantitative estimate of drug-likeness (QED) is 0.826. The predicted octanol–water partition coefficient (Wildman–Crippen LogP) is 2.65. The highest BCUT2D eigenvalue weighted by Crippen LogP contribution is 2.22. The Balaban J connectivity index is 1.31. The van der Waals surface area contributed by atoms with Gasteiger partial charge in [-0.05, 0) is 50.6 Å². The monoisotopic (exact) mass is 371 g/mol. The van der Waals surface area contributed by atoms with Crippen LogP contribution < -0.4 is 4.90 Å². The van der Waals surface area contributed by atoms with Gasteiger partial charge in [-0.1, -0.05) is 0 Å². The predicted molar refractivity (Wildman–Crippen MR) is 106 cm³/mol. The topological polar surface area (TPSA) is 27.5 Å². The first-order chi connectivity index (χ1) is 13.1. The van der Waals surface area contributed by atoms with Crippen molar-refractivity contribution in [1.29, 1.82) is 0 Å². The van der Waals surface area contributed by atoms with E-state index in [4.69, 9.17) is 0 Å². The smallest absolute Gasteiger partial charge is 0.123 e. The minimum absolute atomic E-state index is 0.163. The van der Waals surface area contributed by atoms with Crippen molar-refractivity contribution in [1.82, 2.24) is 19.6 Å². The van der Waals surface area contributed by atoms with E-state index < -0.39 is 0 Å². The van der Waals surface area contributed by atoms with E-state index in [1.54, 1.807) is 12.1 Å². The molecule has 6 heteroatoms. The average Bonchev–Trinajstić information content (AvgIpc) is 3.01. The van der Waals surface area contributed by atoms with E-state index in [9.17, 15) is 4.39 Å². The summed E-state index contributed by atoms with van der Waals surface area (Å²) in [5, 5.41) is 4.38. The zero-order chi connectivity index (χ0) is 18.8. The number of nitrogens with zero attached hydrogens (tertiary/aromatic N) is 5. The maximum absolute atomic E-state index is 13.1. The molecule has 0 N–H and O–H groups in total. The molecule has 4 rings (SSSR count). The number of hydrogen-bond donors (Lipinski definition) is 0. The van der Waals surface area contributed by atoms with Crippen LogP contribution >= 0.6 is 0 Å². The third kappa shape index (κ3) is 4.17. The number of benzene rings is 1. The molecule has 2 fully saturated rings. The van der Waals surface area contributed by atoms with Gasteiger partial charge in [0.15, 0.2) is 0 Å². The number of piperazine rings is 1. The number of aryl methyl sites for hydroxylation is 1. The van der Waals surface area contributed by atoms with Crippen molar-refractivity contribution < 1.29 is 4.39 Å². The van der Waals surface area contributed by atoms with E-state index in [1.165, 1.54) is 30.6 Å². The highest BCUT2D eigenvalue weighted by atomic mass is 19.1. The van der Waals surface area contributed by atoms with Gasteiger partial charge in [0, 0.05) is 69.3 Å². The molecule has 1 aromatic heterocycles. The molecule has 2 aromatic rings. The van der Waals surface area contributed by atoms with Crippen molar-refractivity contribution >= 4 is 5.69 Å². The Bertz CT molecular complexity index is 748. The molecule has 0 amide bonds. The number of anilines is 1. The largest absolute Gasteiger partial charge is 0.369 e. The van der Waals surface area contributed by atoms with E-state index >= 15 is 0 Å². The first kappa shape index (κ1) is 18.4. The fourth-order valence-corrected chi connectivity index (χ4v) is 4.41. The maximum Gasteiger partial charge on any atom is 0.123 e. The second-order valence-electron chi connectivity index (χ2n) is 7.91. The molecule has 27 heavy (non-hydrogen) atoms. The van der Waals surface area contributed by atoms with Gasteiger partial charge < -0.3 is 4.90 Å². The van der Waals surface area contributed by atoms with Crippen LogP contribution in [-0.4, -0.2) is 64.9 Å². The van der Waals surface area contributed by atoms with Crippen LogP contribution in [0.2, 0.25) is 0 Å². The summed E-state index contributed by atoms with van der Waals surface area (Å²) in [5.41, 5.74) is 3.75. The van der Waals surface area contributed by atoms with Crippen LogP contribution in [0.25, 0.3) is 0 Å². The second-order valence-corrected chi connectivity index (χ2v) is 7.91. The van der Waals surface area contributed by atoms with E-state index in [-0.39, 0.29) is 5.82 Å². The standard InChI is InChI=1S/C21H30FN5/c1-17-18(14-23-24(17)2)15-25-9-3-4-21(16-25)27-12-10-26(11-13-27)20-7-5-19(22)6-8-20/h5-8,14,21H,3-4,9-13,15-16H2,1-2H3/t21-/m1/s1. The molecule has 2 aliphatic heterocycles. The molecular formula is C21H30FN5. The summed E-state index contributed by atoms with van der Waals surface area (Å²) in [7, 11) is 2.01. The third-order valence-electron chi connectivity index (χ3n) is 6.23. The lowest BCUT2D eigenvalue weighted by molar-refractivity contribution is 0.0886. The van der Waals surface area contributed by atoms with Gasteiger partial charge >= 0.3 is 0 Å². The molecule has 0 radical (unpaired) electrons. The lowest BCUT2D eigenvalue weighted by Crippen LogP contribution is -2.55. The van der Waals surface area contributed by atoms with Crippen LogP contribution in [0.5, 0.6) is 0 Å². The minimum Gasteiger partial charge on any atom is -0.369 e. The number of halogens is 1. The Morgan fingerprint density at radius 3 is 2.48 bits per heavy atom. The molecule has 1 aromatic carbocycles. The Morgan fingerprint density at radius 1 is 1.07 bits per heavy atom. The van der Waals surface area contributed by atoms with Crippen molar-refractivity contribution in [2.24, 2.45) is 7.05 Å². The number of piperidine rings is 1. The Labute approximate surface area is 161 Å². The van der Waals surface area contributed by atoms with Gasteiger partial charge in [0.2, 0.25) is 0 Å². The van der Waals surface area contributed by atoms with E-state index in [2.05, 4.69) is 26.7 Å². The Hall–Kier alpha value is -1.92. The van der Waals surface area contributed by atoms with Gasteiger partial charge in [-0.25, -0.2) is 4.39 Å². The van der Waals surface area contributed by atoms with Gasteiger partial charge in [-0.2, -0.15) is 5.10 Å². The van der Waals surface area contributed by atoms with Gasteiger partial charge in [-0.3, -0.25) is 14.5 Å². The van der Waals surface area contributed by atoms with Gasteiger partial charge in [0.05, 0.1) is 6.20 Å². The molecule has 3 heterocycles. The normalized spacial score (nSPS) is 22.3. The van der Waals surface area contributed by atoms with Crippen LogP contribution in [0, 0.1) is 12.7 Å². The molecule has 1 atom stereocenters. The zero-order valence-electron chi connectivity index (χ0n) is 16.4. The molecule has 2 aliphatic rings. The van der Waals surface area contributed by atoms with Crippen molar-refractivity contribution in [2.75, 3.05) is 44.2 Å². The fraction of sp³-hybridized carbons (Fsp3) is 0.571. The Kier molecular flexibility index (Phi) is 5.45. The van der Waals surface area contributed by atoms with Crippen molar-refractivity contribution in [3.8, 4) is 0 Å². The molecule has 0 saturated carbocycles. The van der Waals surface area contributed by atoms with Gasteiger partial charge in [0.25, 0.3) is 0 Å². The van der Waals surface area contributed by atoms with Gasteiger partial charge in [-0.15, -0.1) is 0 Å². The molecule has 2 saturated heterocycles. The minimum atomic E-state index is -0.163. The maximum atomic E-state index is 13.1. The van der Waals surface area contributed by atoms with E-state index in [1.807, 2.05) is 30.1 Å². The zero-order valence-corrected chi connectivity index (χ0v) is 16.4. The van der Waals surface area contributed by atoms with E-state index in [0.29, 0.717) is 6.04 Å². The van der Waals surface area contributed by atoms with Crippen LogP contribution in [-0.2, 0) is 13.6 Å². The van der Waals surface area contributed by atoms with Crippen LogP contribution in [0.4, 0.5) is 10.1 Å². The van der Waals surface area contributed by atoms with Crippen LogP contribution in [0.1, 0.15) is 24.1 Å². The van der Waals surface area contributed by atoms with E-state index in [0.717, 1.165) is 45.0 Å². The Morgan fingerprint density at radius 2 is 1.81 bits per heavy atom. The number of likely N-dealkylation sites (tertiary alicyclic amines) is 1. The lowest BCUT2D eigenvalue weighted by atomic mass is 10.0. The second kappa shape index (κ2) is 7.98. The first-order valence-electron chi connectivity index (χ1n) is 10.0. The SMILES string of the molecule is Cc1c(CN2CCC[C@@H](N3CCN(c4ccc(F)cc4)CC3)C2)cnn1C. The highest BCUT2D eigenvalue weighted by molar-refractivity contribution is 5.46. The summed E-state index contributed by atoms with van der Waals surface area (Å²) < 4.78 is 15.1. The highest BCUT2D eigenvalue weighted by Gasteiger charge is 2.28.